The molecular weight excluding hydrogens is 772 g/mol. The molecular formula is C34H25Cl5F2N6O4. The topological polar surface area (TPSA) is 125 Å². The molecule has 0 spiro atoms. The molecule has 0 atom stereocenters. The predicted molar refractivity (Wildman–Crippen MR) is 192 cm³/mol. The molecule has 0 bridgehead atoms. The Morgan fingerprint density at radius 1 is 0.588 bits per heavy atom. The second kappa shape index (κ2) is 19.3. The summed E-state index contributed by atoms with van der Waals surface area (Å²) in [4.78, 5) is 23.0. The number of ether oxygens (including phenoxy) is 3. The molecule has 51 heavy (non-hydrogen) atoms. The molecule has 0 aliphatic rings. The first-order valence-corrected chi connectivity index (χ1v) is 16.2. The number of aliphatic hydroxyl groups is 1. The first-order chi connectivity index (χ1) is 24.5. The van der Waals surface area contributed by atoms with E-state index in [4.69, 9.17) is 77.3 Å². The van der Waals surface area contributed by atoms with E-state index in [0.717, 1.165) is 22.6 Å². The molecule has 4 heterocycles. The van der Waals surface area contributed by atoms with Gasteiger partial charge in [0.05, 0.1) is 20.8 Å². The maximum atomic E-state index is 13.3. The van der Waals surface area contributed by atoms with Gasteiger partial charge in [-0.1, -0.05) is 82.3 Å². The molecule has 6 rings (SSSR count). The van der Waals surface area contributed by atoms with E-state index in [0.29, 0.717) is 11.1 Å². The third kappa shape index (κ3) is 11.5. The SMILES string of the molecule is COc1ccc(CO)cc1.COc1ccc(COc2nc(-c3ccnc(F)c3)nc(Cl)c2Cl)cc1.Fc1cc(-c2nc(Cl)c(Cl)c(Cl)n2)ccn1. The van der Waals surface area contributed by atoms with E-state index in [-0.39, 0.29) is 56.2 Å². The maximum absolute atomic E-state index is 13.3. The van der Waals surface area contributed by atoms with E-state index >= 15 is 0 Å². The van der Waals surface area contributed by atoms with Crippen molar-refractivity contribution in [3.8, 4) is 40.2 Å². The van der Waals surface area contributed by atoms with E-state index in [2.05, 4.69) is 29.9 Å². The fourth-order valence-corrected chi connectivity index (χ4v) is 4.61. The molecule has 0 saturated carbocycles. The van der Waals surface area contributed by atoms with Gasteiger partial charge in [0.2, 0.25) is 17.8 Å². The number of aromatic nitrogens is 6. The Bertz CT molecular complexity index is 2020. The van der Waals surface area contributed by atoms with Crippen LogP contribution in [0.1, 0.15) is 11.1 Å². The largest absolute Gasteiger partial charge is 0.497 e. The van der Waals surface area contributed by atoms with Crippen molar-refractivity contribution in [1.82, 2.24) is 29.9 Å². The van der Waals surface area contributed by atoms with Crippen molar-refractivity contribution < 1.29 is 28.1 Å². The zero-order valence-corrected chi connectivity index (χ0v) is 30.3. The summed E-state index contributed by atoms with van der Waals surface area (Å²) in [6.07, 6.45) is 2.61. The molecule has 0 saturated heterocycles. The lowest BCUT2D eigenvalue weighted by molar-refractivity contribution is 0.281. The van der Waals surface area contributed by atoms with Crippen LogP contribution in [0.3, 0.4) is 0 Å². The summed E-state index contributed by atoms with van der Waals surface area (Å²) >= 11 is 29.3. The van der Waals surface area contributed by atoms with Crippen molar-refractivity contribution in [3.63, 3.8) is 0 Å². The van der Waals surface area contributed by atoms with Gasteiger partial charge in [-0.3, -0.25) is 0 Å². The van der Waals surface area contributed by atoms with Crippen LogP contribution < -0.4 is 14.2 Å². The van der Waals surface area contributed by atoms with E-state index in [9.17, 15) is 8.78 Å². The zero-order chi connectivity index (χ0) is 36.9. The molecule has 0 aliphatic heterocycles. The molecule has 17 heteroatoms. The van der Waals surface area contributed by atoms with Crippen LogP contribution in [-0.2, 0) is 13.2 Å². The molecule has 6 aromatic rings. The van der Waals surface area contributed by atoms with Crippen LogP contribution in [0.25, 0.3) is 22.8 Å². The first-order valence-electron chi connectivity index (χ1n) is 14.4. The minimum Gasteiger partial charge on any atom is -0.497 e. The van der Waals surface area contributed by atoms with Gasteiger partial charge >= 0.3 is 0 Å². The Kier molecular flexibility index (Phi) is 14.9. The van der Waals surface area contributed by atoms with Gasteiger partial charge in [-0.15, -0.1) is 0 Å². The van der Waals surface area contributed by atoms with Crippen LogP contribution in [0, 0.1) is 11.9 Å². The number of benzene rings is 2. The summed E-state index contributed by atoms with van der Waals surface area (Å²) < 4.78 is 41.9. The van der Waals surface area contributed by atoms with Crippen LogP contribution in [0.2, 0.25) is 25.5 Å². The number of nitrogens with zero attached hydrogens (tertiary/aromatic N) is 6. The molecule has 0 radical (unpaired) electrons. The van der Waals surface area contributed by atoms with Crippen molar-refractivity contribution in [2.24, 2.45) is 0 Å². The number of aliphatic hydroxyl groups excluding tert-OH is 1. The minimum absolute atomic E-state index is 0.0219. The van der Waals surface area contributed by atoms with Gasteiger partial charge in [-0.25, -0.2) is 24.9 Å². The van der Waals surface area contributed by atoms with Gasteiger partial charge in [0, 0.05) is 35.7 Å². The Hall–Kier alpha value is -4.43. The van der Waals surface area contributed by atoms with Crippen LogP contribution in [-0.4, -0.2) is 49.2 Å². The predicted octanol–water partition coefficient (Wildman–Crippen LogP) is 9.40. The number of hydrogen-bond acceptors (Lipinski definition) is 10. The molecule has 4 aromatic heterocycles. The molecule has 264 valence electrons. The van der Waals surface area contributed by atoms with Crippen molar-refractivity contribution in [1.29, 1.82) is 0 Å². The van der Waals surface area contributed by atoms with Crippen molar-refractivity contribution in [2.75, 3.05) is 14.2 Å². The summed E-state index contributed by atoms with van der Waals surface area (Å²) in [5.41, 5.74) is 2.64. The number of pyridine rings is 2. The van der Waals surface area contributed by atoms with E-state index in [1.54, 1.807) is 26.4 Å². The molecule has 0 fully saturated rings. The Labute approximate surface area is 315 Å². The summed E-state index contributed by atoms with van der Waals surface area (Å²) in [6, 6.07) is 20.1. The third-order valence-electron chi connectivity index (χ3n) is 6.40. The van der Waals surface area contributed by atoms with Gasteiger partial charge in [0.15, 0.2) is 27.1 Å². The lowest BCUT2D eigenvalue weighted by atomic mass is 10.2. The Morgan fingerprint density at radius 3 is 1.45 bits per heavy atom. The molecule has 0 unspecified atom stereocenters. The smallest absolute Gasteiger partial charge is 0.238 e. The molecule has 0 amide bonds. The highest BCUT2D eigenvalue weighted by molar-refractivity contribution is 6.47. The van der Waals surface area contributed by atoms with Gasteiger partial charge in [-0.2, -0.15) is 13.8 Å². The highest BCUT2D eigenvalue weighted by atomic mass is 35.5. The summed E-state index contributed by atoms with van der Waals surface area (Å²) in [6.45, 7) is 0.311. The van der Waals surface area contributed by atoms with Gasteiger partial charge in [-0.05, 0) is 47.5 Å². The number of hydrogen-bond donors (Lipinski definition) is 1. The van der Waals surface area contributed by atoms with Gasteiger partial charge < -0.3 is 19.3 Å². The minimum atomic E-state index is -0.645. The van der Waals surface area contributed by atoms with Crippen LogP contribution in [0.5, 0.6) is 17.4 Å². The van der Waals surface area contributed by atoms with Gasteiger partial charge in [0.25, 0.3) is 0 Å². The fourth-order valence-electron chi connectivity index (χ4n) is 3.84. The molecule has 1 N–H and O–H groups in total. The standard InChI is InChI=1S/C17H12Cl2FN3O2.C9H3Cl3FN3.C8H10O2/c1-24-12-4-2-10(3-5-12)9-25-17-14(18)15(19)22-16(23-17)11-6-7-21-13(20)8-11;10-6-7(11)15-9(16-8(6)12)4-1-2-14-5(13)3-4;1-10-8-4-2-7(6-9)3-5-8/h2-8H,9H2,1H3;1-3H;2-5,9H,6H2,1H3. The summed E-state index contributed by atoms with van der Waals surface area (Å²) in [5.74, 6) is 0.785. The normalized spacial score (nSPS) is 10.3. The molecule has 2 aromatic carbocycles. The monoisotopic (exact) mass is 794 g/mol. The highest BCUT2D eigenvalue weighted by Crippen LogP contribution is 2.32. The summed E-state index contributed by atoms with van der Waals surface area (Å²) in [5, 5.41) is 8.89. The van der Waals surface area contributed by atoms with E-state index in [1.165, 1.54) is 24.5 Å². The van der Waals surface area contributed by atoms with Gasteiger partial charge in [0.1, 0.15) is 28.2 Å². The lowest BCUT2D eigenvalue weighted by Crippen LogP contribution is -2.01. The average Bonchev–Trinajstić information content (AvgIpc) is 3.15. The van der Waals surface area contributed by atoms with E-state index < -0.39 is 11.9 Å². The highest BCUT2D eigenvalue weighted by Gasteiger charge is 2.15. The van der Waals surface area contributed by atoms with E-state index in [1.807, 2.05) is 48.5 Å². The lowest BCUT2D eigenvalue weighted by Gasteiger charge is -2.10. The van der Waals surface area contributed by atoms with Crippen LogP contribution in [0.15, 0.2) is 85.2 Å². The molecule has 0 aliphatic carbocycles. The second-order valence-corrected chi connectivity index (χ2v) is 11.6. The zero-order valence-electron chi connectivity index (χ0n) is 26.5. The van der Waals surface area contributed by atoms with Crippen molar-refractivity contribution in [3.05, 3.63) is 134 Å². The van der Waals surface area contributed by atoms with Crippen LogP contribution in [0.4, 0.5) is 8.78 Å². The second-order valence-electron chi connectivity index (χ2n) is 9.78. The Morgan fingerprint density at radius 2 is 1.02 bits per heavy atom. The third-order valence-corrected chi connectivity index (χ3v) is 8.21. The number of methoxy groups -OCH3 is 2. The first kappa shape index (κ1) is 39.4. The average molecular weight is 797 g/mol. The number of rotatable bonds is 8. The number of halogens is 7. The molecule has 10 nitrogen and oxygen atoms in total. The fraction of sp³-hybridized carbons (Fsp3) is 0.118. The summed E-state index contributed by atoms with van der Waals surface area (Å²) in [7, 11) is 3.21. The quantitative estimate of drug-likeness (QED) is 0.118. The van der Waals surface area contributed by atoms with Crippen LogP contribution >= 0.6 is 58.0 Å². The van der Waals surface area contributed by atoms with Crippen molar-refractivity contribution in [2.45, 2.75) is 13.2 Å². The van der Waals surface area contributed by atoms with Crippen molar-refractivity contribution >= 4 is 58.0 Å². The maximum Gasteiger partial charge on any atom is 0.238 e. The Balaban J connectivity index is 0.000000191.